The lowest BCUT2D eigenvalue weighted by Crippen LogP contribution is -2.37. The number of carbonyl (C=O) groups is 1. The van der Waals surface area contributed by atoms with Crippen molar-refractivity contribution in [3.8, 4) is 16.2 Å². The molecule has 3 rings (SSSR count). The molecule has 0 saturated carbocycles. The van der Waals surface area contributed by atoms with Gasteiger partial charge in [0, 0.05) is 18.0 Å². The number of thiophene rings is 1. The Bertz CT molecular complexity index is 1250. The molecule has 8 heteroatoms. The van der Waals surface area contributed by atoms with Crippen LogP contribution in [0.4, 0.5) is 0 Å². The Labute approximate surface area is 212 Å². The van der Waals surface area contributed by atoms with Gasteiger partial charge in [-0.25, -0.2) is 13.2 Å². The van der Waals surface area contributed by atoms with Gasteiger partial charge in [-0.15, -0.1) is 11.3 Å². The minimum absolute atomic E-state index is 0.367. The smallest absolute Gasteiger partial charge is 0.347 e. The van der Waals surface area contributed by atoms with Crippen molar-refractivity contribution in [2.75, 3.05) is 13.1 Å². The van der Waals surface area contributed by atoms with E-state index in [0.29, 0.717) is 35.9 Å². The van der Waals surface area contributed by atoms with E-state index >= 15 is 0 Å². The Hall–Kier alpha value is -2.68. The van der Waals surface area contributed by atoms with Gasteiger partial charge in [-0.2, -0.15) is 4.31 Å². The summed E-state index contributed by atoms with van der Waals surface area (Å²) in [5.41, 5.74) is 1.90. The highest BCUT2D eigenvalue weighted by Crippen LogP contribution is 2.34. The average Bonchev–Trinajstić information content (AvgIpc) is 3.30. The summed E-state index contributed by atoms with van der Waals surface area (Å²) in [6, 6.07) is 18.9. The van der Waals surface area contributed by atoms with Crippen LogP contribution < -0.4 is 4.74 Å². The van der Waals surface area contributed by atoms with Crippen molar-refractivity contribution in [2.45, 2.75) is 56.8 Å². The standard InChI is InChI=1S/C27H33NO5S2/c1-5-18-28(19-8-10-21-12-14-22(15-13-21)33-27(3,4)26(29)30)35(31,32)25-17-16-24(34-25)23-11-7-6-9-20(23)2/h6-7,9,11-17H,5,8,10,18-19H2,1-4H3,(H,29,30). The van der Waals surface area contributed by atoms with Gasteiger partial charge in [0.2, 0.25) is 0 Å². The van der Waals surface area contributed by atoms with E-state index in [-0.39, 0.29) is 0 Å². The minimum atomic E-state index is -3.58. The van der Waals surface area contributed by atoms with Crippen molar-refractivity contribution < 1.29 is 23.1 Å². The molecule has 0 atom stereocenters. The third-order valence-corrected chi connectivity index (χ3v) is 9.23. The van der Waals surface area contributed by atoms with Crippen molar-refractivity contribution in [1.82, 2.24) is 4.31 Å². The highest BCUT2D eigenvalue weighted by molar-refractivity contribution is 7.91. The first-order valence-corrected chi connectivity index (χ1v) is 14.0. The molecule has 0 saturated heterocycles. The Kier molecular flexibility index (Phi) is 8.74. The Balaban J connectivity index is 1.65. The molecule has 1 N–H and O–H groups in total. The van der Waals surface area contributed by atoms with E-state index in [2.05, 4.69) is 0 Å². The molecule has 1 aromatic heterocycles. The van der Waals surface area contributed by atoms with Gasteiger partial charge in [0.1, 0.15) is 9.96 Å². The number of hydrogen-bond acceptors (Lipinski definition) is 5. The predicted molar refractivity (Wildman–Crippen MR) is 141 cm³/mol. The fourth-order valence-corrected chi connectivity index (χ4v) is 6.83. The zero-order valence-corrected chi connectivity index (χ0v) is 22.3. The van der Waals surface area contributed by atoms with Crippen LogP contribution in [0.3, 0.4) is 0 Å². The largest absolute Gasteiger partial charge is 0.478 e. The number of nitrogens with zero attached hydrogens (tertiary/aromatic N) is 1. The van der Waals surface area contributed by atoms with Gasteiger partial charge in [0.05, 0.1) is 0 Å². The van der Waals surface area contributed by atoms with Crippen LogP contribution in [-0.4, -0.2) is 42.5 Å². The van der Waals surface area contributed by atoms with Crippen LogP contribution in [0.1, 0.15) is 44.7 Å². The molecule has 0 unspecified atom stereocenters. The molecular weight excluding hydrogens is 482 g/mol. The number of aryl methyl sites for hydroxylation is 2. The molecule has 2 aromatic carbocycles. The zero-order valence-electron chi connectivity index (χ0n) is 20.7. The third-order valence-electron chi connectivity index (χ3n) is 5.74. The normalized spacial score (nSPS) is 12.1. The SMILES string of the molecule is CCCN(CCCc1ccc(OC(C)(C)C(=O)O)cc1)S(=O)(=O)c1ccc(-c2ccccc2C)s1. The van der Waals surface area contributed by atoms with Gasteiger partial charge in [-0.05, 0) is 81.0 Å². The number of carboxylic acids is 1. The Morgan fingerprint density at radius 3 is 2.34 bits per heavy atom. The molecule has 0 bridgehead atoms. The van der Waals surface area contributed by atoms with E-state index in [9.17, 15) is 18.3 Å². The maximum atomic E-state index is 13.4. The summed E-state index contributed by atoms with van der Waals surface area (Å²) in [5, 5.41) is 9.21. The third kappa shape index (κ3) is 6.72. The van der Waals surface area contributed by atoms with Crippen molar-refractivity contribution in [2.24, 2.45) is 0 Å². The maximum absolute atomic E-state index is 13.4. The van der Waals surface area contributed by atoms with Crippen LogP contribution >= 0.6 is 11.3 Å². The van der Waals surface area contributed by atoms with E-state index < -0.39 is 21.6 Å². The maximum Gasteiger partial charge on any atom is 0.347 e. The number of ether oxygens (including phenoxy) is 1. The molecule has 6 nitrogen and oxygen atoms in total. The molecule has 0 aliphatic carbocycles. The molecule has 0 radical (unpaired) electrons. The zero-order chi connectivity index (χ0) is 25.6. The molecule has 35 heavy (non-hydrogen) atoms. The molecule has 0 fully saturated rings. The van der Waals surface area contributed by atoms with E-state index in [1.807, 2.05) is 56.3 Å². The van der Waals surface area contributed by atoms with E-state index in [1.54, 1.807) is 22.5 Å². The molecule has 0 spiro atoms. The minimum Gasteiger partial charge on any atom is -0.478 e. The first kappa shape index (κ1) is 26.9. The van der Waals surface area contributed by atoms with Gasteiger partial charge < -0.3 is 9.84 Å². The van der Waals surface area contributed by atoms with E-state index in [0.717, 1.165) is 28.0 Å². The number of rotatable bonds is 12. The summed E-state index contributed by atoms with van der Waals surface area (Å²) in [7, 11) is -3.58. The van der Waals surface area contributed by atoms with Gasteiger partial charge in [0.25, 0.3) is 10.0 Å². The molecule has 188 valence electrons. The molecule has 0 aliphatic rings. The second-order valence-electron chi connectivity index (χ2n) is 9.00. The van der Waals surface area contributed by atoms with Gasteiger partial charge in [0.15, 0.2) is 5.60 Å². The fraction of sp³-hybridized carbons (Fsp3) is 0.370. The van der Waals surface area contributed by atoms with Crippen molar-refractivity contribution in [1.29, 1.82) is 0 Å². The van der Waals surface area contributed by atoms with Crippen molar-refractivity contribution in [3.63, 3.8) is 0 Å². The lowest BCUT2D eigenvalue weighted by atomic mass is 10.1. The second kappa shape index (κ2) is 11.4. The molecular formula is C27H33NO5S2. The number of benzene rings is 2. The lowest BCUT2D eigenvalue weighted by molar-refractivity contribution is -0.152. The first-order valence-electron chi connectivity index (χ1n) is 11.7. The number of hydrogen-bond donors (Lipinski definition) is 1. The van der Waals surface area contributed by atoms with Crippen molar-refractivity contribution >= 4 is 27.3 Å². The predicted octanol–water partition coefficient (Wildman–Crippen LogP) is 6.00. The molecule has 1 heterocycles. The van der Waals surface area contributed by atoms with Crippen LogP contribution in [0.5, 0.6) is 5.75 Å². The number of carboxylic acid groups (broad SMARTS) is 1. The number of sulfonamides is 1. The Morgan fingerprint density at radius 2 is 1.71 bits per heavy atom. The average molecular weight is 516 g/mol. The summed E-state index contributed by atoms with van der Waals surface area (Å²) in [5.74, 6) is -0.547. The molecule has 0 aliphatic heterocycles. The lowest BCUT2D eigenvalue weighted by Gasteiger charge is -2.22. The highest BCUT2D eigenvalue weighted by atomic mass is 32.2. The quantitative estimate of drug-likeness (QED) is 0.320. The van der Waals surface area contributed by atoms with Gasteiger partial charge >= 0.3 is 5.97 Å². The van der Waals surface area contributed by atoms with Gasteiger partial charge in [-0.1, -0.05) is 43.3 Å². The van der Waals surface area contributed by atoms with Crippen LogP contribution in [0, 0.1) is 6.92 Å². The topological polar surface area (TPSA) is 83.9 Å². The summed E-state index contributed by atoms with van der Waals surface area (Å²) < 4.78 is 34.3. The summed E-state index contributed by atoms with van der Waals surface area (Å²) in [6.45, 7) is 7.91. The van der Waals surface area contributed by atoms with E-state index in [1.165, 1.54) is 25.2 Å². The number of aliphatic carboxylic acids is 1. The van der Waals surface area contributed by atoms with Gasteiger partial charge in [-0.3, -0.25) is 0 Å². The fourth-order valence-electron chi connectivity index (χ4n) is 3.70. The van der Waals surface area contributed by atoms with Crippen LogP contribution in [0.2, 0.25) is 0 Å². The monoisotopic (exact) mass is 515 g/mol. The van der Waals surface area contributed by atoms with Crippen LogP contribution in [0.15, 0.2) is 64.9 Å². The van der Waals surface area contributed by atoms with Crippen LogP contribution in [0.25, 0.3) is 10.4 Å². The second-order valence-corrected chi connectivity index (χ2v) is 12.3. The summed E-state index contributed by atoms with van der Waals surface area (Å²) in [4.78, 5) is 12.2. The Morgan fingerprint density at radius 1 is 1.03 bits per heavy atom. The molecule has 3 aromatic rings. The molecule has 0 amide bonds. The summed E-state index contributed by atoms with van der Waals surface area (Å²) in [6.07, 6.45) is 2.12. The van der Waals surface area contributed by atoms with Crippen LogP contribution in [-0.2, 0) is 21.2 Å². The summed E-state index contributed by atoms with van der Waals surface area (Å²) >= 11 is 1.31. The van der Waals surface area contributed by atoms with E-state index in [4.69, 9.17) is 4.74 Å². The highest BCUT2D eigenvalue weighted by Gasteiger charge is 2.29. The first-order chi connectivity index (χ1) is 16.5. The van der Waals surface area contributed by atoms with Crippen molar-refractivity contribution in [3.05, 3.63) is 71.8 Å².